The van der Waals surface area contributed by atoms with Gasteiger partial charge in [0.25, 0.3) is 5.91 Å². The summed E-state index contributed by atoms with van der Waals surface area (Å²) in [6.45, 7) is 4.90. The van der Waals surface area contributed by atoms with Crippen LogP contribution in [0.5, 0.6) is 0 Å². The number of carbonyl (C=O) groups is 1. The van der Waals surface area contributed by atoms with Crippen LogP contribution in [0.1, 0.15) is 24.0 Å². The Bertz CT molecular complexity index is 994. The van der Waals surface area contributed by atoms with Gasteiger partial charge in [-0.25, -0.2) is 12.7 Å². The zero-order valence-corrected chi connectivity index (χ0v) is 16.6. The fourth-order valence-electron chi connectivity index (χ4n) is 3.41. The molecule has 6 nitrogen and oxygen atoms in total. The Morgan fingerprint density at radius 2 is 1.88 bits per heavy atom. The molecular weight excluding hydrogens is 358 g/mol. The quantitative estimate of drug-likeness (QED) is 0.798. The third kappa shape index (κ3) is 3.70. The lowest BCUT2D eigenvalue weighted by Gasteiger charge is -2.28. The summed E-state index contributed by atoms with van der Waals surface area (Å²) in [6, 6.07) is 4.24. The van der Waals surface area contributed by atoms with Crippen LogP contribution < -0.4 is 4.80 Å². The molecule has 3 rings (SSSR count). The van der Waals surface area contributed by atoms with Crippen LogP contribution in [-0.4, -0.2) is 42.5 Å². The second-order valence-corrected chi connectivity index (χ2v) is 9.75. The molecule has 0 radical (unpaired) electrons. The molecule has 1 aromatic carbocycles. The van der Waals surface area contributed by atoms with Gasteiger partial charge in [0.1, 0.15) is 0 Å². The van der Waals surface area contributed by atoms with Crippen LogP contribution in [0.3, 0.4) is 0 Å². The minimum absolute atomic E-state index is 0.148. The number of hydrogen-bond donors (Lipinski definition) is 0. The van der Waals surface area contributed by atoms with Gasteiger partial charge in [0.15, 0.2) is 4.80 Å². The number of hydrogen-bond acceptors (Lipinski definition) is 4. The predicted molar refractivity (Wildman–Crippen MR) is 100.0 cm³/mol. The Morgan fingerprint density at radius 3 is 2.48 bits per heavy atom. The molecule has 1 amide bonds. The van der Waals surface area contributed by atoms with Gasteiger partial charge in [-0.05, 0) is 43.9 Å². The number of thiazole rings is 1. The van der Waals surface area contributed by atoms with E-state index >= 15 is 0 Å². The molecule has 0 atom stereocenters. The highest BCUT2D eigenvalue weighted by atomic mass is 32.2. The van der Waals surface area contributed by atoms with Crippen molar-refractivity contribution in [2.45, 2.75) is 26.7 Å². The van der Waals surface area contributed by atoms with E-state index in [9.17, 15) is 13.2 Å². The SMILES string of the molecule is Cc1cc(C)c2c(c1)sc(=NC(=O)C1CCN(S(C)(=O)=O)CC1)n2C. The van der Waals surface area contributed by atoms with E-state index in [0.29, 0.717) is 30.7 Å². The van der Waals surface area contributed by atoms with E-state index in [2.05, 4.69) is 31.0 Å². The summed E-state index contributed by atoms with van der Waals surface area (Å²) in [7, 11) is -1.25. The first-order valence-corrected chi connectivity index (χ1v) is 10.9. The summed E-state index contributed by atoms with van der Waals surface area (Å²) in [5, 5.41) is 0. The Kier molecular flexibility index (Phi) is 4.87. The van der Waals surface area contributed by atoms with Gasteiger partial charge in [0, 0.05) is 26.1 Å². The Labute approximate surface area is 151 Å². The molecule has 0 unspecified atom stereocenters. The van der Waals surface area contributed by atoms with Crippen LogP contribution >= 0.6 is 11.3 Å². The highest BCUT2D eigenvalue weighted by Gasteiger charge is 2.28. The first-order chi connectivity index (χ1) is 11.7. The number of aryl methyl sites for hydroxylation is 3. The number of piperidine rings is 1. The summed E-state index contributed by atoms with van der Waals surface area (Å²) in [4.78, 5) is 17.6. The number of sulfonamides is 1. The molecule has 1 aliphatic rings. The first-order valence-electron chi connectivity index (χ1n) is 8.27. The lowest BCUT2D eigenvalue weighted by Crippen LogP contribution is -2.39. The first kappa shape index (κ1) is 18.3. The molecule has 1 fully saturated rings. The van der Waals surface area contributed by atoms with E-state index in [4.69, 9.17) is 0 Å². The molecule has 0 spiro atoms. The van der Waals surface area contributed by atoms with E-state index in [-0.39, 0.29) is 11.8 Å². The molecule has 1 aliphatic heterocycles. The molecule has 8 heteroatoms. The van der Waals surface area contributed by atoms with Crippen molar-refractivity contribution in [3.05, 3.63) is 28.1 Å². The molecule has 136 valence electrons. The summed E-state index contributed by atoms with van der Waals surface area (Å²) in [5.41, 5.74) is 3.47. The smallest absolute Gasteiger partial charge is 0.251 e. The molecule has 0 N–H and O–H groups in total. The maximum Gasteiger partial charge on any atom is 0.251 e. The summed E-state index contributed by atoms with van der Waals surface area (Å²) < 4.78 is 27.7. The predicted octanol–water partition coefficient (Wildman–Crippen LogP) is 1.96. The van der Waals surface area contributed by atoms with E-state index in [0.717, 1.165) is 10.2 Å². The number of fused-ring (bicyclic) bond motifs is 1. The molecule has 1 aromatic heterocycles. The second-order valence-electron chi connectivity index (χ2n) is 6.76. The van der Waals surface area contributed by atoms with Crippen LogP contribution in [0.25, 0.3) is 10.2 Å². The lowest BCUT2D eigenvalue weighted by molar-refractivity contribution is -0.122. The van der Waals surface area contributed by atoms with Gasteiger partial charge in [-0.15, -0.1) is 0 Å². The molecule has 0 aliphatic carbocycles. The van der Waals surface area contributed by atoms with Crippen molar-refractivity contribution in [2.24, 2.45) is 18.0 Å². The Hall–Kier alpha value is -1.51. The Balaban J connectivity index is 1.87. The Morgan fingerprint density at radius 1 is 1.24 bits per heavy atom. The molecule has 2 aromatic rings. The standard InChI is InChI=1S/C17H23N3O3S2/c1-11-9-12(2)15-14(10-11)24-17(19(15)3)18-16(21)13-5-7-20(8-6-13)25(4,22)23/h9-10,13H,5-8H2,1-4H3. The van der Waals surface area contributed by atoms with Crippen molar-refractivity contribution in [1.82, 2.24) is 8.87 Å². The van der Waals surface area contributed by atoms with Crippen LogP contribution in [0, 0.1) is 19.8 Å². The van der Waals surface area contributed by atoms with Gasteiger partial charge < -0.3 is 4.57 Å². The largest absolute Gasteiger partial charge is 0.319 e. The summed E-state index contributed by atoms with van der Waals surface area (Å²) >= 11 is 1.52. The fourth-order valence-corrected chi connectivity index (χ4v) is 5.48. The van der Waals surface area contributed by atoms with Gasteiger partial charge in [0.2, 0.25) is 10.0 Å². The minimum Gasteiger partial charge on any atom is -0.319 e. The van der Waals surface area contributed by atoms with Gasteiger partial charge in [-0.3, -0.25) is 4.79 Å². The van der Waals surface area contributed by atoms with E-state index < -0.39 is 10.0 Å². The van der Waals surface area contributed by atoms with Crippen molar-refractivity contribution in [2.75, 3.05) is 19.3 Å². The molecule has 0 saturated carbocycles. The fraction of sp³-hybridized carbons (Fsp3) is 0.529. The number of nitrogens with zero attached hydrogens (tertiary/aromatic N) is 3. The summed E-state index contributed by atoms with van der Waals surface area (Å²) in [6.07, 6.45) is 2.27. The highest BCUT2D eigenvalue weighted by molar-refractivity contribution is 7.88. The maximum absolute atomic E-state index is 12.6. The molecule has 0 bridgehead atoms. The third-order valence-corrected chi connectivity index (χ3v) is 7.09. The molecule has 2 heterocycles. The minimum atomic E-state index is -3.18. The average molecular weight is 382 g/mol. The van der Waals surface area contributed by atoms with E-state index in [1.54, 1.807) is 0 Å². The van der Waals surface area contributed by atoms with Gasteiger partial charge in [0.05, 0.1) is 16.5 Å². The molecule has 1 saturated heterocycles. The number of rotatable bonds is 2. The monoisotopic (exact) mass is 381 g/mol. The van der Waals surface area contributed by atoms with E-state index in [1.165, 1.54) is 33.0 Å². The van der Waals surface area contributed by atoms with Gasteiger partial charge >= 0.3 is 0 Å². The zero-order valence-electron chi connectivity index (χ0n) is 14.9. The van der Waals surface area contributed by atoms with Crippen molar-refractivity contribution in [3.8, 4) is 0 Å². The molecule has 25 heavy (non-hydrogen) atoms. The summed E-state index contributed by atoms with van der Waals surface area (Å²) in [5.74, 6) is -0.351. The topological polar surface area (TPSA) is 71.7 Å². The normalized spacial score (nSPS) is 18.2. The van der Waals surface area contributed by atoms with Crippen molar-refractivity contribution < 1.29 is 13.2 Å². The zero-order chi connectivity index (χ0) is 18.4. The number of benzene rings is 1. The van der Waals surface area contributed by atoms with E-state index in [1.807, 2.05) is 11.6 Å². The van der Waals surface area contributed by atoms with Crippen molar-refractivity contribution in [3.63, 3.8) is 0 Å². The number of carbonyl (C=O) groups excluding carboxylic acids is 1. The van der Waals surface area contributed by atoms with Gasteiger partial charge in [-0.1, -0.05) is 17.4 Å². The van der Waals surface area contributed by atoms with Crippen molar-refractivity contribution >= 4 is 37.5 Å². The highest BCUT2D eigenvalue weighted by Crippen LogP contribution is 2.23. The average Bonchev–Trinajstić information content (AvgIpc) is 2.82. The third-order valence-electron chi connectivity index (χ3n) is 4.71. The maximum atomic E-state index is 12.6. The van der Waals surface area contributed by atoms with Crippen LogP contribution in [0.15, 0.2) is 17.1 Å². The number of aromatic nitrogens is 1. The van der Waals surface area contributed by atoms with Crippen LogP contribution in [-0.2, 0) is 21.9 Å². The lowest BCUT2D eigenvalue weighted by atomic mass is 9.98. The second kappa shape index (κ2) is 6.66. The molecular formula is C17H23N3O3S2. The van der Waals surface area contributed by atoms with Gasteiger partial charge in [-0.2, -0.15) is 4.99 Å². The van der Waals surface area contributed by atoms with Crippen LogP contribution in [0.2, 0.25) is 0 Å². The number of amides is 1. The van der Waals surface area contributed by atoms with Crippen molar-refractivity contribution in [1.29, 1.82) is 0 Å². The van der Waals surface area contributed by atoms with Crippen LogP contribution in [0.4, 0.5) is 0 Å².